The average Bonchev–Trinajstić information content (AvgIpc) is 2.61. The van der Waals surface area contributed by atoms with Gasteiger partial charge in [-0.1, -0.05) is 12.1 Å². The van der Waals surface area contributed by atoms with Gasteiger partial charge in [-0.2, -0.15) is 5.10 Å². The van der Waals surface area contributed by atoms with E-state index in [1.54, 1.807) is 17.7 Å². The molecule has 1 aliphatic heterocycles. The molecule has 2 aromatic rings. The SMILES string of the molecule is C[C@H](O)CN1CCN(C(=O)CCn2ncc(=O)c3ccccc32)CC1. The number of carbonyl (C=O) groups is 1. The van der Waals surface area contributed by atoms with Gasteiger partial charge in [-0.3, -0.25) is 19.2 Å². The van der Waals surface area contributed by atoms with Crippen molar-refractivity contribution in [2.75, 3.05) is 32.7 Å². The Hall–Kier alpha value is -2.25. The van der Waals surface area contributed by atoms with Crippen molar-refractivity contribution in [3.8, 4) is 0 Å². The van der Waals surface area contributed by atoms with E-state index in [0.29, 0.717) is 38.0 Å². The van der Waals surface area contributed by atoms with E-state index in [1.165, 1.54) is 6.20 Å². The van der Waals surface area contributed by atoms with E-state index in [-0.39, 0.29) is 17.4 Å². The second-order valence-corrected chi connectivity index (χ2v) is 6.53. The van der Waals surface area contributed by atoms with Gasteiger partial charge in [-0.05, 0) is 19.1 Å². The summed E-state index contributed by atoms with van der Waals surface area (Å²) >= 11 is 0. The van der Waals surface area contributed by atoms with Gasteiger partial charge in [0.15, 0.2) is 0 Å². The highest BCUT2D eigenvalue weighted by Crippen LogP contribution is 2.10. The van der Waals surface area contributed by atoms with Crippen LogP contribution in [0.3, 0.4) is 0 Å². The number of aryl methyl sites for hydroxylation is 1. The zero-order valence-corrected chi connectivity index (χ0v) is 14.5. The van der Waals surface area contributed by atoms with Crippen LogP contribution in [0.2, 0.25) is 0 Å². The normalized spacial score (nSPS) is 17.0. The lowest BCUT2D eigenvalue weighted by atomic mass is 10.2. The van der Waals surface area contributed by atoms with Gasteiger partial charge in [0, 0.05) is 44.5 Å². The number of carbonyl (C=O) groups excluding carboxylic acids is 1. The number of para-hydroxylation sites is 1. The van der Waals surface area contributed by atoms with Crippen molar-refractivity contribution in [3.05, 3.63) is 40.7 Å². The molecule has 3 rings (SSSR count). The van der Waals surface area contributed by atoms with Crippen LogP contribution in [-0.4, -0.2) is 69.4 Å². The predicted octanol–water partition coefficient (Wildman–Crippen LogP) is 0.312. The molecule has 2 heterocycles. The fourth-order valence-electron chi connectivity index (χ4n) is 3.25. The van der Waals surface area contributed by atoms with Crippen molar-refractivity contribution in [2.45, 2.75) is 26.0 Å². The summed E-state index contributed by atoms with van der Waals surface area (Å²) < 4.78 is 1.72. The summed E-state index contributed by atoms with van der Waals surface area (Å²) in [6, 6.07) is 7.32. The number of aromatic nitrogens is 2. The third kappa shape index (κ3) is 4.24. The van der Waals surface area contributed by atoms with Gasteiger partial charge in [0.1, 0.15) is 0 Å². The van der Waals surface area contributed by atoms with Gasteiger partial charge in [0.25, 0.3) is 0 Å². The molecule has 1 fully saturated rings. The Bertz CT molecular complexity index is 794. The number of hydrogen-bond donors (Lipinski definition) is 1. The van der Waals surface area contributed by atoms with Gasteiger partial charge in [0.2, 0.25) is 11.3 Å². The van der Waals surface area contributed by atoms with Crippen LogP contribution >= 0.6 is 0 Å². The lowest BCUT2D eigenvalue weighted by molar-refractivity contribution is -0.133. The Kier molecular flexibility index (Phi) is 5.45. The molecule has 0 radical (unpaired) electrons. The van der Waals surface area contributed by atoms with Crippen molar-refractivity contribution >= 4 is 16.8 Å². The lowest BCUT2D eigenvalue weighted by Gasteiger charge is -2.35. The van der Waals surface area contributed by atoms with Crippen LogP contribution in [0.1, 0.15) is 13.3 Å². The van der Waals surface area contributed by atoms with Gasteiger partial charge >= 0.3 is 0 Å². The van der Waals surface area contributed by atoms with Crippen molar-refractivity contribution in [1.29, 1.82) is 0 Å². The fraction of sp³-hybridized carbons (Fsp3) is 0.500. The summed E-state index contributed by atoms with van der Waals surface area (Å²) in [5.41, 5.74) is 0.650. The molecule has 1 aromatic carbocycles. The van der Waals surface area contributed by atoms with E-state index in [0.717, 1.165) is 18.6 Å². The molecular weight excluding hydrogens is 320 g/mol. The number of β-amino-alcohol motifs (C(OH)–C–C–N with tert-alkyl or cyclic N) is 1. The number of rotatable bonds is 5. The van der Waals surface area contributed by atoms with Crippen LogP contribution in [0.25, 0.3) is 10.9 Å². The summed E-state index contributed by atoms with van der Waals surface area (Å²) in [6.07, 6.45) is 1.32. The number of benzene rings is 1. The Morgan fingerprint density at radius 3 is 2.68 bits per heavy atom. The van der Waals surface area contributed by atoms with Gasteiger partial charge in [-0.15, -0.1) is 0 Å². The molecule has 0 saturated carbocycles. The fourth-order valence-corrected chi connectivity index (χ4v) is 3.25. The van der Waals surface area contributed by atoms with Gasteiger partial charge in [-0.25, -0.2) is 0 Å². The molecule has 1 aliphatic rings. The summed E-state index contributed by atoms with van der Waals surface area (Å²) in [6.45, 7) is 5.82. The van der Waals surface area contributed by atoms with E-state index in [4.69, 9.17) is 0 Å². The standard InChI is InChI=1S/C18H24N4O3/c1-14(23)13-20-8-10-21(11-9-20)18(25)6-7-22-16-5-3-2-4-15(16)17(24)12-19-22/h2-5,12,14,23H,6-11,13H2,1H3/t14-/m0/s1. The molecule has 1 saturated heterocycles. The summed E-state index contributed by atoms with van der Waals surface area (Å²) in [5.74, 6) is 0.0984. The quantitative estimate of drug-likeness (QED) is 0.845. The zero-order valence-electron chi connectivity index (χ0n) is 14.5. The predicted molar refractivity (Wildman–Crippen MR) is 95.3 cm³/mol. The van der Waals surface area contributed by atoms with Crippen LogP contribution in [0.15, 0.2) is 35.3 Å². The van der Waals surface area contributed by atoms with Crippen molar-refractivity contribution < 1.29 is 9.90 Å². The highest BCUT2D eigenvalue weighted by atomic mass is 16.3. The number of aliphatic hydroxyl groups is 1. The molecular formula is C18H24N4O3. The van der Waals surface area contributed by atoms with E-state index in [2.05, 4.69) is 10.00 Å². The number of piperazine rings is 1. The first-order valence-corrected chi connectivity index (χ1v) is 8.67. The first-order valence-electron chi connectivity index (χ1n) is 8.67. The number of nitrogens with zero attached hydrogens (tertiary/aromatic N) is 4. The highest BCUT2D eigenvalue weighted by molar-refractivity contribution is 5.79. The third-order valence-corrected chi connectivity index (χ3v) is 4.55. The Morgan fingerprint density at radius 2 is 1.96 bits per heavy atom. The highest BCUT2D eigenvalue weighted by Gasteiger charge is 2.21. The first-order chi connectivity index (χ1) is 12.0. The van der Waals surface area contributed by atoms with E-state index < -0.39 is 0 Å². The maximum atomic E-state index is 12.5. The third-order valence-electron chi connectivity index (χ3n) is 4.55. The van der Waals surface area contributed by atoms with Crippen LogP contribution in [0.5, 0.6) is 0 Å². The van der Waals surface area contributed by atoms with Crippen molar-refractivity contribution in [2.24, 2.45) is 0 Å². The van der Waals surface area contributed by atoms with Gasteiger partial charge < -0.3 is 10.0 Å². The topological polar surface area (TPSA) is 78.7 Å². The lowest BCUT2D eigenvalue weighted by Crippen LogP contribution is -2.50. The molecule has 25 heavy (non-hydrogen) atoms. The first kappa shape index (κ1) is 17.6. The number of hydrogen-bond acceptors (Lipinski definition) is 5. The Morgan fingerprint density at radius 1 is 1.24 bits per heavy atom. The second-order valence-electron chi connectivity index (χ2n) is 6.53. The zero-order chi connectivity index (χ0) is 17.8. The molecule has 7 nitrogen and oxygen atoms in total. The maximum absolute atomic E-state index is 12.5. The van der Waals surface area contributed by atoms with Crippen LogP contribution < -0.4 is 5.43 Å². The minimum absolute atomic E-state index is 0.0984. The number of amides is 1. The molecule has 134 valence electrons. The molecule has 7 heteroatoms. The molecule has 0 aliphatic carbocycles. The molecule has 1 aromatic heterocycles. The molecule has 1 amide bonds. The van der Waals surface area contributed by atoms with Crippen LogP contribution in [-0.2, 0) is 11.3 Å². The monoisotopic (exact) mass is 344 g/mol. The minimum Gasteiger partial charge on any atom is -0.392 e. The smallest absolute Gasteiger partial charge is 0.224 e. The Balaban J connectivity index is 1.59. The maximum Gasteiger partial charge on any atom is 0.224 e. The molecule has 0 spiro atoms. The molecule has 0 bridgehead atoms. The van der Waals surface area contributed by atoms with Crippen LogP contribution in [0.4, 0.5) is 0 Å². The molecule has 1 N–H and O–H groups in total. The van der Waals surface area contributed by atoms with Crippen molar-refractivity contribution in [1.82, 2.24) is 19.6 Å². The molecule has 0 unspecified atom stereocenters. The Labute approximate surface area is 146 Å². The van der Waals surface area contributed by atoms with Crippen molar-refractivity contribution in [3.63, 3.8) is 0 Å². The molecule has 1 atom stereocenters. The van der Waals surface area contributed by atoms with E-state index >= 15 is 0 Å². The van der Waals surface area contributed by atoms with E-state index in [1.807, 2.05) is 23.1 Å². The average molecular weight is 344 g/mol. The minimum atomic E-state index is -0.345. The summed E-state index contributed by atoms with van der Waals surface area (Å²) in [4.78, 5) is 28.3. The number of fused-ring (bicyclic) bond motifs is 1. The summed E-state index contributed by atoms with van der Waals surface area (Å²) in [5, 5.41) is 14.2. The summed E-state index contributed by atoms with van der Waals surface area (Å²) in [7, 11) is 0. The van der Waals surface area contributed by atoms with Gasteiger partial charge in [0.05, 0.1) is 24.4 Å². The van der Waals surface area contributed by atoms with E-state index in [9.17, 15) is 14.7 Å². The number of aliphatic hydroxyl groups excluding tert-OH is 1. The second kappa shape index (κ2) is 7.76. The van der Waals surface area contributed by atoms with Crippen LogP contribution in [0, 0.1) is 0 Å². The largest absolute Gasteiger partial charge is 0.392 e.